The largest absolute Gasteiger partial charge is 0.466 e. The van der Waals surface area contributed by atoms with Crippen LogP contribution < -0.4 is 0 Å². The van der Waals surface area contributed by atoms with E-state index < -0.39 is 6.10 Å². The Labute approximate surface area is 131 Å². The Hall–Kier alpha value is -1.91. The van der Waals surface area contributed by atoms with Gasteiger partial charge in [-0.25, -0.2) is 0 Å². The number of rotatable bonds is 6. The van der Waals surface area contributed by atoms with Crippen LogP contribution in [0, 0.1) is 11.3 Å². The highest BCUT2D eigenvalue weighted by molar-refractivity contribution is 5.78. The molecule has 1 aliphatic rings. The van der Waals surface area contributed by atoms with E-state index in [-0.39, 0.29) is 36.3 Å². The summed E-state index contributed by atoms with van der Waals surface area (Å²) in [6.07, 6.45) is 4.08. The van der Waals surface area contributed by atoms with Crippen molar-refractivity contribution in [3.63, 3.8) is 0 Å². The second-order valence-electron chi connectivity index (χ2n) is 6.37. The molecule has 22 heavy (non-hydrogen) atoms. The van der Waals surface area contributed by atoms with Gasteiger partial charge in [-0.1, -0.05) is 26.8 Å². The molecule has 0 saturated heterocycles. The maximum absolute atomic E-state index is 12.0. The number of carbonyl (C=O) groups excluding carboxylic acids is 3. The molecular weight excluding hydrogens is 284 g/mol. The number of allylic oxidation sites excluding steroid dienone is 2. The predicted octanol–water partition coefficient (Wildman–Crippen LogP) is 2.60. The summed E-state index contributed by atoms with van der Waals surface area (Å²) >= 11 is 0. The van der Waals surface area contributed by atoms with Gasteiger partial charge in [0, 0.05) is 23.8 Å². The molecule has 0 aromatic carbocycles. The molecule has 0 amide bonds. The lowest BCUT2D eigenvalue weighted by atomic mass is 9.78. The van der Waals surface area contributed by atoms with Gasteiger partial charge in [0.15, 0.2) is 0 Å². The van der Waals surface area contributed by atoms with Crippen LogP contribution in [0.3, 0.4) is 0 Å². The van der Waals surface area contributed by atoms with E-state index in [1.165, 1.54) is 6.92 Å². The summed E-state index contributed by atoms with van der Waals surface area (Å²) < 4.78 is 10.3. The Morgan fingerprint density at radius 1 is 1.41 bits per heavy atom. The van der Waals surface area contributed by atoms with Crippen molar-refractivity contribution in [3.8, 4) is 0 Å². The van der Waals surface area contributed by atoms with E-state index in [1.54, 1.807) is 6.08 Å². The maximum atomic E-state index is 12.0. The highest BCUT2D eigenvalue weighted by Gasteiger charge is 2.29. The lowest BCUT2D eigenvalue weighted by molar-refractivity contribution is -0.149. The number of carbonyl (C=O) groups is 3. The quantitative estimate of drug-likeness (QED) is 0.428. The molecule has 2 atom stereocenters. The maximum Gasteiger partial charge on any atom is 0.307 e. The standard InChI is InChI=1S/C17H24O5/c1-11(10-21-13(3)19)6-16(20)22-15-7-14(9-18)17(4,5)8-12(15)2/h7-9,11,15H,6,10H2,1-5H3. The van der Waals surface area contributed by atoms with Crippen molar-refractivity contribution < 1.29 is 23.9 Å². The minimum absolute atomic E-state index is 0.116. The first-order valence-corrected chi connectivity index (χ1v) is 7.35. The van der Waals surface area contributed by atoms with Crippen molar-refractivity contribution in [2.45, 2.75) is 47.1 Å². The minimum Gasteiger partial charge on any atom is -0.466 e. The lowest BCUT2D eigenvalue weighted by Gasteiger charge is -2.30. The van der Waals surface area contributed by atoms with Gasteiger partial charge in [0.25, 0.3) is 0 Å². The Balaban J connectivity index is 2.63. The fourth-order valence-electron chi connectivity index (χ4n) is 2.35. The van der Waals surface area contributed by atoms with Crippen molar-refractivity contribution >= 4 is 18.2 Å². The summed E-state index contributed by atoms with van der Waals surface area (Å²) in [6, 6.07) is 0. The van der Waals surface area contributed by atoms with Crippen LogP contribution in [0.4, 0.5) is 0 Å². The van der Waals surface area contributed by atoms with Gasteiger partial charge in [-0.3, -0.25) is 14.4 Å². The molecule has 5 heteroatoms. The van der Waals surface area contributed by atoms with E-state index >= 15 is 0 Å². The van der Waals surface area contributed by atoms with Crippen molar-refractivity contribution in [2.75, 3.05) is 6.61 Å². The normalized spacial score (nSPS) is 21.2. The fraction of sp³-hybridized carbons (Fsp3) is 0.588. The van der Waals surface area contributed by atoms with Crippen molar-refractivity contribution in [1.82, 2.24) is 0 Å². The summed E-state index contributed by atoms with van der Waals surface area (Å²) in [5.41, 5.74) is 1.15. The van der Waals surface area contributed by atoms with Gasteiger partial charge >= 0.3 is 11.9 Å². The van der Waals surface area contributed by atoms with Crippen LogP contribution in [0.5, 0.6) is 0 Å². The fourth-order valence-corrected chi connectivity index (χ4v) is 2.35. The van der Waals surface area contributed by atoms with Gasteiger partial charge in [-0.15, -0.1) is 0 Å². The lowest BCUT2D eigenvalue weighted by Crippen LogP contribution is -2.27. The third-order valence-corrected chi connectivity index (χ3v) is 3.58. The average Bonchev–Trinajstić information content (AvgIpc) is 2.38. The van der Waals surface area contributed by atoms with Gasteiger partial charge in [0.1, 0.15) is 12.4 Å². The van der Waals surface area contributed by atoms with Crippen LogP contribution in [-0.4, -0.2) is 30.9 Å². The Morgan fingerprint density at radius 3 is 2.59 bits per heavy atom. The monoisotopic (exact) mass is 308 g/mol. The van der Waals surface area contributed by atoms with Crippen LogP contribution in [-0.2, 0) is 23.9 Å². The molecule has 122 valence electrons. The van der Waals surface area contributed by atoms with Gasteiger partial charge in [0.05, 0.1) is 13.0 Å². The molecule has 0 aromatic rings. The van der Waals surface area contributed by atoms with Crippen molar-refractivity contribution in [2.24, 2.45) is 11.3 Å². The summed E-state index contributed by atoms with van der Waals surface area (Å²) in [7, 11) is 0. The Kier molecular flexibility index (Phi) is 6.09. The first kappa shape index (κ1) is 18.1. The molecule has 1 rings (SSSR count). The number of hydrogen-bond acceptors (Lipinski definition) is 5. The van der Waals surface area contributed by atoms with Crippen LogP contribution in [0.25, 0.3) is 0 Å². The zero-order valence-electron chi connectivity index (χ0n) is 13.8. The van der Waals surface area contributed by atoms with E-state index in [9.17, 15) is 14.4 Å². The summed E-state index contributed by atoms with van der Waals surface area (Å²) in [4.78, 5) is 33.9. The minimum atomic E-state index is -0.512. The molecule has 0 N–H and O–H groups in total. The molecule has 0 bridgehead atoms. The van der Waals surface area contributed by atoms with Crippen LogP contribution in [0.1, 0.15) is 41.0 Å². The van der Waals surface area contributed by atoms with E-state index in [4.69, 9.17) is 9.47 Å². The van der Waals surface area contributed by atoms with Gasteiger partial charge in [0.2, 0.25) is 0 Å². The molecule has 0 aliphatic heterocycles. The van der Waals surface area contributed by atoms with Crippen LogP contribution >= 0.6 is 0 Å². The molecule has 2 unspecified atom stereocenters. The number of ether oxygens (including phenoxy) is 2. The predicted molar refractivity (Wildman–Crippen MR) is 82.0 cm³/mol. The Morgan fingerprint density at radius 2 is 2.05 bits per heavy atom. The molecule has 0 heterocycles. The number of aldehydes is 1. The van der Waals surface area contributed by atoms with Crippen molar-refractivity contribution in [3.05, 3.63) is 23.3 Å². The molecular formula is C17H24O5. The topological polar surface area (TPSA) is 69.7 Å². The van der Waals surface area contributed by atoms with Crippen LogP contribution in [0.2, 0.25) is 0 Å². The third kappa shape index (κ3) is 5.13. The second-order valence-corrected chi connectivity index (χ2v) is 6.37. The molecule has 0 saturated carbocycles. The highest BCUT2D eigenvalue weighted by atomic mass is 16.5. The number of esters is 2. The second kappa shape index (κ2) is 7.38. The van der Waals surface area contributed by atoms with Crippen LogP contribution in [0.15, 0.2) is 23.3 Å². The third-order valence-electron chi connectivity index (χ3n) is 3.58. The summed E-state index contributed by atoms with van der Waals surface area (Å²) in [5, 5.41) is 0. The van der Waals surface area contributed by atoms with Gasteiger partial charge < -0.3 is 9.47 Å². The molecule has 0 fully saturated rings. The van der Waals surface area contributed by atoms with E-state index in [2.05, 4.69) is 0 Å². The van der Waals surface area contributed by atoms with Gasteiger partial charge in [-0.2, -0.15) is 0 Å². The Bertz CT molecular complexity index is 513. The molecule has 0 radical (unpaired) electrons. The first-order chi connectivity index (χ1) is 10.2. The molecule has 1 aliphatic carbocycles. The molecule has 5 nitrogen and oxygen atoms in total. The van der Waals surface area contributed by atoms with E-state index in [0.29, 0.717) is 5.57 Å². The van der Waals surface area contributed by atoms with E-state index in [0.717, 1.165) is 11.9 Å². The highest BCUT2D eigenvalue weighted by Crippen LogP contribution is 2.34. The van der Waals surface area contributed by atoms with Gasteiger partial charge in [-0.05, 0) is 18.6 Å². The zero-order valence-corrected chi connectivity index (χ0v) is 13.8. The SMILES string of the molecule is CC(=O)OCC(C)CC(=O)OC1C=C(C=O)C(C)(C)C=C1C. The first-order valence-electron chi connectivity index (χ1n) is 7.35. The molecule has 0 spiro atoms. The number of hydrogen-bond donors (Lipinski definition) is 0. The zero-order chi connectivity index (χ0) is 16.9. The van der Waals surface area contributed by atoms with E-state index in [1.807, 2.05) is 33.8 Å². The summed E-state index contributed by atoms with van der Waals surface area (Å²) in [6.45, 7) is 9.08. The average molecular weight is 308 g/mol. The molecule has 0 aromatic heterocycles. The summed E-state index contributed by atoms with van der Waals surface area (Å²) in [5.74, 6) is -0.860. The smallest absolute Gasteiger partial charge is 0.307 e. The van der Waals surface area contributed by atoms with Crippen molar-refractivity contribution in [1.29, 1.82) is 0 Å².